The number of carbonyl (C=O) groups excluding carboxylic acids is 2. The van der Waals surface area contributed by atoms with Gasteiger partial charge in [0.05, 0.1) is 0 Å². The van der Waals surface area contributed by atoms with Crippen LogP contribution in [0.25, 0.3) is 0 Å². The zero-order chi connectivity index (χ0) is 19.5. The number of carbonyl (C=O) groups is 2. The maximum absolute atomic E-state index is 12.1. The van der Waals surface area contributed by atoms with Gasteiger partial charge in [0.2, 0.25) is 0 Å². The summed E-state index contributed by atoms with van der Waals surface area (Å²) >= 11 is 5.91. The number of aryl methyl sites for hydroxylation is 1. The monoisotopic (exact) mass is 391 g/mol. The molecule has 0 unspecified atom stereocenters. The van der Waals surface area contributed by atoms with Crippen LogP contribution < -0.4 is 10.7 Å². The summed E-state index contributed by atoms with van der Waals surface area (Å²) in [5.41, 5.74) is 4.78. The minimum atomic E-state index is -0.747. The molecule has 6 heteroatoms. The summed E-state index contributed by atoms with van der Waals surface area (Å²) in [6, 6.07) is 5.09. The van der Waals surface area contributed by atoms with Crippen LogP contribution in [0.4, 0.5) is 5.69 Å². The number of halogens is 1. The summed E-state index contributed by atoms with van der Waals surface area (Å²) in [6.07, 6.45) is 12.9. The fraction of sp³-hybridized carbons (Fsp3) is 0.571. The van der Waals surface area contributed by atoms with Crippen LogP contribution in [0.3, 0.4) is 0 Å². The first-order valence-electron chi connectivity index (χ1n) is 9.99. The van der Waals surface area contributed by atoms with Crippen LogP contribution in [-0.2, 0) is 9.59 Å². The lowest BCUT2D eigenvalue weighted by Crippen LogP contribution is -2.33. The maximum atomic E-state index is 12.1. The second-order valence-electron chi connectivity index (χ2n) is 7.21. The summed E-state index contributed by atoms with van der Waals surface area (Å²) < 4.78 is 0. The van der Waals surface area contributed by atoms with Gasteiger partial charge >= 0.3 is 11.8 Å². The summed E-state index contributed by atoms with van der Waals surface area (Å²) in [5.74, 6) is -1.47. The van der Waals surface area contributed by atoms with Crippen LogP contribution in [0, 0.1) is 6.92 Å². The predicted octanol–water partition coefficient (Wildman–Crippen LogP) is 5.36. The van der Waals surface area contributed by atoms with Gasteiger partial charge in [-0.25, -0.2) is 5.43 Å². The van der Waals surface area contributed by atoms with Crippen LogP contribution in [0.5, 0.6) is 0 Å². The maximum Gasteiger partial charge on any atom is 0.329 e. The molecule has 0 aliphatic heterocycles. The van der Waals surface area contributed by atoms with Crippen molar-refractivity contribution < 1.29 is 9.59 Å². The first-order valence-corrected chi connectivity index (χ1v) is 10.4. The van der Waals surface area contributed by atoms with Gasteiger partial charge in [0, 0.05) is 16.4 Å². The average Bonchev–Trinajstić information content (AvgIpc) is 2.63. The Hall–Kier alpha value is -1.88. The second kappa shape index (κ2) is 11.8. The molecule has 2 N–H and O–H groups in total. The molecule has 0 aromatic heterocycles. The number of nitrogens with zero attached hydrogens (tertiary/aromatic N) is 1. The number of hydrogen-bond acceptors (Lipinski definition) is 3. The Balaban J connectivity index is 1.88. The molecule has 0 heterocycles. The van der Waals surface area contributed by atoms with Crippen molar-refractivity contribution in [2.24, 2.45) is 5.10 Å². The van der Waals surface area contributed by atoms with E-state index in [4.69, 9.17) is 11.6 Å². The lowest BCUT2D eigenvalue weighted by atomic mass is 10.00. The highest BCUT2D eigenvalue weighted by molar-refractivity contribution is 6.39. The molecule has 1 aromatic carbocycles. The van der Waals surface area contributed by atoms with E-state index in [2.05, 4.69) is 15.8 Å². The molecule has 1 fully saturated rings. The molecule has 1 aliphatic rings. The molecule has 148 valence electrons. The van der Waals surface area contributed by atoms with E-state index in [0.717, 1.165) is 37.0 Å². The summed E-state index contributed by atoms with van der Waals surface area (Å²) in [6.45, 7) is 1.82. The smallest absolute Gasteiger partial charge is 0.317 e. The second-order valence-corrected chi connectivity index (χ2v) is 7.65. The van der Waals surface area contributed by atoms with Gasteiger partial charge in [0.1, 0.15) is 0 Å². The van der Waals surface area contributed by atoms with Crippen LogP contribution >= 0.6 is 11.6 Å². The van der Waals surface area contributed by atoms with Crippen molar-refractivity contribution in [3.8, 4) is 0 Å². The molecule has 27 heavy (non-hydrogen) atoms. The van der Waals surface area contributed by atoms with E-state index in [9.17, 15) is 9.59 Å². The fourth-order valence-electron chi connectivity index (χ4n) is 3.26. The molecule has 1 saturated carbocycles. The topological polar surface area (TPSA) is 70.6 Å². The van der Waals surface area contributed by atoms with Gasteiger partial charge in [-0.15, -0.1) is 0 Å². The van der Waals surface area contributed by atoms with Gasteiger partial charge in [-0.1, -0.05) is 56.5 Å². The van der Waals surface area contributed by atoms with Crippen LogP contribution in [0.15, 0.2) is 23.3 Å². The van der Waals surface area contributed by atoms with E-state index in [0.29, 0.717) is 10.7 Å². The highest BCUT2D eigenvalue weighted by atomic mass is 35.5. The Morgan fingerprint density at radius 1 is 0.889 bits per heavy atom. The SMILES string of the molecule is Cc1cc(Cl)ccc1NC(=O)C(=O)NN=C1CCCCCCCCCCC1. The van der Waals surface area contributed by atoms with Crippen molar-refractivity contribution in [1.82, 2.24) is 5.43 Å². The minimum Gasteiger partial charge on any atom is -0.317 e. The van der Waals surface area contributed by atoms with E-state index in [1.165, 1.54) is 44.9 Å². The van der Waals surface area contributed by atoms with Gasteiger partial charge < -0.3 is 5.32 Å². The Morgan fingerprint density at radius 3 is 2.00 bits per heavy atom. The van der Waals surface area contributed by atoms with Crippen molar-refractivity contribution in [1.29, 1.82) is 0 Å². The van der Waals surface area contributed by atoms with Crippen molar-refractivity contribution in [3.05, 3.63) is 28.8 Å². The highest BCUT2D eigenvalue weighted by Gasteiger charge is 2.15. The van der Waals surface area contributed by atoms with Gasteiger partial charge in [0.25, 0.3) is 0 Å². The predicted molar refractivity (Wildman–Crippen MR) is 111 cm³/mol. The third-order valence-electron chi connectivity index (χ3n) is 4.89. The molecular formula is C21H30ClN3O2. The number of hydrogen-bond donors (Lipinski definition) is 2. The van der Waals surface area contributed by atoms with Gasteiger partial charge in [0.15, 0.2) is 0 Å². The van der Waals surface area contributed by atoms with Crippen LogP contribution in [0.1, 0.15) is 76.2 Å². The van der Waals surface area contributed by atoms with Crippen molar-refractivity contribution in [2.75, 3.05) is 5.32 Å². The minimum absolute atomic E-state index is 0.568. The first-order chi connectivity index (χ1) is 13.1. The number of anilines is 1. The van der Waals surface area contributed by atoms with Crippen LogP contribution in [-0.4, -0.2) is 17.5 Å². The summed E-state index contributed by atoms with van der Waals surface area (Å²) in [7, 11) is 0. The standard InChI is InChI=1S/C21H30ClN3O2/c1-16-15-17(22)13-14-19(16)23-20(26)21(27)25-24-18-11-9-7-5-3-2-4-6-8-10-12-18/h13-15H,2-12H2,1H3,(H,23,26)(H,25,27). The molecule has 1 aromatic rings. The molecule has 2 amide bonds. The Labute approximate surface area is 166 Å². The molecule has 5 nitrogen and oxygen atoms in total. The van der Waals surface area contributed by atoms with E-state index in [1.807, 2.05) is 6.92 Å². The number of amides is 2. The fourth-order valence-corrected chi connectivity index (χ4v) is 3.49. The van der Waals surface area contributed by atoms with Crippen molar-refractivity contribution in [2.45, 2.75) is 77.6 Å². The molecule has 0 bridgehead atoms. The Morgan fingerprint density at radius 2 is 1.44 bits per heavy atom. The first kappa shape index (κ1) is 21.4. The van der Waals surface area contributed by atoms with E-state index in [1.54, 1.807) is 18.2 Å². The molecular weight excluding hydrogens is 362 g/mol. The average molecular weight is 392 g/mol. The molecule has 0 atom stereocenters. The van der Waals surface area contributed by atoms with Crippen molar-refractivity contribution >= 4 is 34.8 Å². The largest absolute Gasteiger partial charge is 0.329 e. The quantitative estimate of drug-likeness (QED) is 0.526. The van der Waals surface area contributed by atoms with E-state index >= 15 is 0 Å². The Kier molecular flexibility index (Phi) is 9.32. The Bertz CT molecular complexity index is 659. The van der Waals surface area contributed by atoms with Gasteiger partial charge in [-0.2, -0.15) is 5.10 Å². The number of hydrazone groups is 1. The lowest BCUT2D eigenvalue weighted by molar-refractivity contribution is -0.136. The zero-order valence-corrected chi connectivity index (χ0v) is 16.9. The third kappa shape index (κ3) is 8.12. The van der Waals surface area contributed by atoms with Gasteiger partial charge in [-0.3, -0.25) is 9.59 Å². The number of benzene rings is 1. The molecule has 1 aliphatic carbocycles. The van der Waals surface area contributed by atoms with Gasteiger partial charge in [-0.05, 0) is 56.4 Å². The molecule has 0 saturated heterocycles. The van der Waals surface area contributed by atoms with E-state index in [-0.39, 0.29) is 0 Å². The third-order valence-corrected chi connectivity index (χ3v) is 5.12. The number of nitrogens with one attached hydrogen (secondary N) is 2. The molecule has 0 radical (unpaired) electrons. The number of rotatable bonds is 2. The molecule has 2 rings (SSSR count). The van der Waals surface area contributed by atoms with E-state index < -0.39 is 11.8 Å². The normalized spacial score (nSPS) is 16.6. The summed E-state index contributed by atoms with van der Waals surface area (Å²) in [5, 5.41) is 7.43. The lowest BCUT2D eigenvalue weighted by Gasteiger charge is -2.10. The van der Waals surface area contributed by atoms with Crippen molar-refractivity contribution in [3.63, 3.8) is 0 Å². The van der Waals surface area contributed by atoms with Crippen LogP contribution in [0.2, 0.25) is 5.02 Å². The summed E-state index contributed by atoms with van der Waals surface area (Å²) in [4.78, 5) is 24.2. The zero-order valence-electron chi connectivity index (χ0n) is 16.2. The highest BCUT2D eigenvalue weighted by Crippen LogP contribution is 2.19. The molecule has 0 spiro atoms.